The quantitative estimate of drug-likeness (QED) is 0.585. The van der Waals surface area contributed by atoms with Crippen LogP contribution in [0.25, 0.3) is 11.0 Å². The summed E-state index contributed by atoms with van der Waals surface area (Å²) in [6, 6.07) is 14.2. The van der Waals surface area contributed by atoms with Gasteiger partial charge in [0.05, 0.1) is 11.8 Å². The maximum absolute atomic E-state index is 12.9. The number of furan rings is 1. The number of benzene rings is 2. The lowest BCUT2D eigenvalue weighted by atomic mass is 9.89. The molecule has 26 heavy (non-hydrogen) atoms. The zero-order chi connectivity index (χ0) is 18.1. The molecule has 3 aromatic rings. The van der Waals surface area contributed by atoms with Crippen molar-refractivity contribution >= 4 is 11.0 Å². The molecular formula is C21H20F3NO. The smallest absolute Gasteiger partial charge is 0.416 e. The Hall–Kier alpha value is -2.27. The molecule has 0 bridgehead atoms. The van der Waals surface area contributed by atoms with E-state index in [-0.39, 0.29) is 0 Å². The molecule has 1 saturated heterocycles. The highest BCUT2D eigenvalue weighted by molar-refractivity contribution is 5.82. The molecule has 2 aromatic carbocycles. The van der Waals surface area contributed by atoms with Gasteiger partial charge in [0.2, 0.25) is 0 Å². The van der Waals surface area contributed by atoms with Gasteiger partial charge in [0.15, 0.2) is 0 Å². The topological polar surface area (TPSA) is 16.4 Å². The highest BCUT2D eigenvalue weighted by Gasteiger charge is 2.31. The number of rotatable bonds is 3. The number of fused-ring (bicyclic) bond motifs is 1. The number of piperidine rings is 1. The van der Waals surface area contributed by atoms with E-state index in [2.05, 4.69) is 29.2 Å². The summed E-state index contributed by atoms with van der Waals surface area (Å²) in [4.78, 5) is 2.43. The third-order valence-corrected chi connectivity index (χ3v) is 5.21. The summed E-state index contributed by atoms with van der Waals surface area (Å²) in [6.07, 6.45) is -0.725. The lowest BCUT2D eigenvalue weighted by molar-refractivity contribution is -0.137. The second-order valence-electron chi connectivity index (χ2n) is 6.94. The Morgan fingerprint density at radius 1 is 1.00 bits per heavy atom. The predicted octanol–water partition coefficient (Wildman–Crippen LogP) is 5.83. The van der Waals surface area contributed by atoms with Crippen LogP contribution < -0.4 is 0 Å². The molecule has 5 heteroatoms. The molecule has 1 fully saturated rings. The second-order valence-corrected chi connectivity index (χ2v) is 6.94. The van der Waals surface area contributed by atoms with E-state index in [0.717, 1.165) is 55.6 Å². The van der Waals surface area contributed by atoms with Crippen molar-refractivity contribution in [2.75, 3.05) is 13.1 Å². The van der Waals surface area contributed by atoms with Crippen LogP contribution in [-0.2, 0) is 12.7 Å². The third kappa shape index (κ3) is 3.49. The van der Waals surface area contributed by atoms with Crippen molar-refractivity contribution in [3.8, 4) is 0 Å². The van der Waals surface area contributed by atoms with E-state index in [4.69, 9.17) is 4.42 Å². The van der Waals surface area contributed by atoms with Crippen molar-refractivity contribution in [2.24, 2.45) is 0 Å². The number of likely N-dealkylation sites (tertiary alicyclic amines) is 1. The monoisotopic (exact) mass is 359 g/mol. The summed E-state index contributed by atoms with van der Waals surface area (Å²) in [5.41, 5.74) is 2.00. The molecule has 136 valence electrons. The molecular weight excluding hydrogens is 339 g/mol. The summed E-state index contributed by atoms with van der Waals surface area (Å²) >= 11 is 0. The molecule has 0 saturated carbocycles. The van der Waals surface area contributed by atoms with Gasteiger partial charge < -0.3 is 4.42 Å². The Morgan fingerprint density at radius 3 is 2.42 bits per heavy atom. The van der Waals surface area contributed by atoms with Gasteiger partial charge in [-0.25, -0.2) is 0 Å². The Bertz CT molecular complexity index is 877. The van der Waals surface area contributed by atoms with Gasteiger partial charge in [-0.15, -0.1) is 0 Å². The highest BCUT2D eigenvalue weighted by atomic mass is 19.4. The lowest BCUT2D eigenvalue weighted by Crippen LogP contribution is -2.32. The molecule has 0 unspecified atom stereocenters. The molecule has 0 amide bonds. The van der Waals surface area contributed by atoms with E-state index in [1.54, 1.807) is 12.3 Å². The zero-order valence-corrected chi connectivity index (χ0v) is 14.3. The van der Waals surface area contributed by atoms with Gasteiger partial charge in [-0.1, -0.05) is 36.4 Å². The fraction of sp³-hybridized carbons (Fsp3) is 0.333. The number of alkyl halides is 3. The average Bonchev–Trinajstić information content (AvgIpc) is 3.06. The van der Waals surface area contributed by atoms with Gasteiger partial charge in [0, 0.05) is 17.5 Å². The zero-order valence-electron chi connectivity index (χ0n) is 14.3. The van der Waals surface area contributed by atoms with E-state index in [1.807, 2.05) is 6.07 Å². The maximum Gasteiger partial charge on any atom is 0.416 e. The average molecular weight is 359 g/mol. The largest absolute Gasteiger partial charge is 0.464 e. The highest BCUT2D eigenvalue weighted by Crippen LogP contribution is 2.37. The Morgan fingerprint density at radius 2 is 1.73 bits per heavy atom. The fourth-order valence-corrected chi connectivity index (χ4v) is 3.78. The molecule has 1 aliphatic rings. The normalized spacial score (nSPS) is 17.0. The molecule has 4 rings (SSSR count). The van der Waals surface area contributed by atoms with E-state index in [1.165, 1.54) is 5.56 Å². The van der Waals surface area contributed by atoms with E-state index in [0.29, 0.717) is 11.5 Å². The van der Waals surface area contributed by atoms with Crippen LogP contribution in [0.5, 0.6) is 0 Å². The lowest BCUT2D eigenvalue weighted by Gasteiger charge is -2.31. The molecule has 0 spiro atoms. The minimum atomic E-state index is -4.34. The van der Waals surface area contributed by atoms with Crippen LogP contribution in [0.15, 0.2) is 59.2 Å². The first-order chi connectivity index (χ1) is 12.5. The van der Waals surface area contributed by atoms with Crippen LogP contribution in [0.4, 0.5) is 13.2 Å². The first-order valence-corrected chi connectivity index (χ1v) is 8.85. The molecule has 2 heterocycles. The molecule has 0 atom stereocenters. The molecule has 1 aliphatic heterocycles. The van der Waals surface area contributed by atoms with Crippen LogP contribution in [-0.4, -0.2) is 18.0 Å². The second kappa shape index (κ2) is 6.80. The Kier molecular flexibility index (Phi) is 4.49. The standard InChI is InChI=1S/C21H20F3NO/c22-21(23,24)17-6-7-18-19(14-26-20(18)12-17)16-8-10-25(11-9-16)13-15-4-2-1-3-5-15/h1-7,12,14,16H,8-11,13H2. The molecule has 0 aliphatic carbocycles. The number of halogens is 3. The number of hydrogen-bond donors (Lipinski definition) is 0. The van der Waals surface area contributed by atoms with Gasteiger partial charge in [0.25, 0.3) is 0 Å². The van der Waals surface area contributed by atoms with E-state index in [9.17, 15) is 13.2 Å². The molecule has 1 aromatic heterocycles. The molecule has 0 radical (unpaired) electrons. The minimum absolute atomic E-state index is 0.321. The van der Waals surface area contributed by atoms with E-state index < -0.39 is 11.7 Å². The molecule has 0 N–H and O–H groups in total. The first-order valence-electron chi connectivity index (χ1n) is 8.85. The van der Waals surface area contributed by atoms with Crippen molar-refractivity contribution < 1.29 is 17.6 Å². The SMILES string of the molecule is FC(F)(F)c1ccc2c(C3CCN(Cc4ccccc4)CC3)coc2c1. The first kappa shape index (κ1) is 17.2. The summed E-state index contributed by atoms with van der Waals surface area (Å²) in [5.74, 6) is 0.333. The van der Waals surface area contributed by atoms with Crippen molar-refractivity contribution in [3.63, 3.8) is 0 Å². The third-order valence-electron chi connectivity index (χ3n) is 5.21. The maximum atomic E-state index is 12.9. The van der Waals surface area contributed by atoms with Gasteiger partial charge in [-0.05, 0) is 49.5 Å². The van der Waals surface area contributed by atoms with Gasteiger partial charge >= 0.3 is 6.18 Å². The van der Waals surface area contributed by atoms with Gasteiger partial charge in [-0.3, -0.25) is 4.90 Å². The molecule has 2 nitrogen and oxygen atoms in total. The van der Waals surface area contributed by atoms with Crippen LogP contribution in [0, 0.1) is 0 Å². The predicted molar refractivity (Wildman–Crippen MR) is 94.9 cm³/mol. The number of hydrogen-bond acceptors (Lipinski definition) is 2. The van der Waals surface area contributed by atoms with Crippen LogP contribution in [0.2, 0.25) is 0 Å². The van der Waals surface area contributed by atoms with Crippen molar-refractivity contribution in [1.29, 1.82) is 0 Å². The fourth-order valence-electron chi connectivity index (χ4n) is 3.78. The minimum Gasteiger partial charge on any atom is -0.464 e. The summed E-state index contributed by atoms with van der Waals surface area (Å²) in [7, 11) is 0. The van der Waals surface area contributed by atoms with Crippen molar-refractivity contribution in [3.05, 3.63) is 71.5 Å². The van der Waals surface area contributed by atoms with E-state index >= 15 is 0 Å². The van der Waals surface area contributed by atoms with Gasteiger partial charge in [-0.2, -0.15) is 13.2 Å². The van der Waals surface area contributed by atoms with Crippen LogP contribution in [0.3, 0.4) is 0 Å². The Balaban J connectivity index is 1.46. The van der Waals surface area contributed by atoms with Crippen molar-refractivity contribution in [2.45, 2.75) is 31.5 Å². The summed E-state index contributed by atoms with van der Waals surface area (Å²) < 4.78 is 44.0. The summed E-state index contributed by atoms with van der Waals surface area (Å²) in [6.45, 7) is 2.90. The van der Waals surface area contributed by atoms with Gasteiger partial charge in [0.1, 0.15) is 5.58 Å². The number of nitrogens with zero attached hydrogens (tertiary/aromatic N) is 1. The summed E-state index contributed by atoms with van der Waals surface area (Å²) in [5, 5.41) is 0.805. The van der Waals surface area contributed by atoms with Crippen LogP contribution in [0.1, 0.15) is 35.4 Å². The van der Waals surface area contributed by atoms with Crippen LogP contribution >= 0.6 is 0 Å². The van der Waals surface area contributed by atoms with Crippen molar-refractivity contribution in [1.82, 2.24) is 4.90 Å². The Labute approximate surface area is 150 Å².